The van der Waals surface area contributed by atoms with E-state index in [1.54, 1.807) is 12.1 Å². The summed E-state index contributed by atoms with van der Waals surface area (Å²) in [5.74, 6) is -0.192. The van der Waals surface area contributed by atoms with E-state index in [-0.39, 0.29) is 34.4 Å². The quantitative estimate of drug-likeness (QED) is 0.433. The summed E-state index contributed by atoms with van der Waals surface area (Å²) >= 11 is 0. The molecule has 0 aliphatic heterocycles. The SMILES string of the molecule is O=C[C@H]1CC[C@H](n2cc3cc4nc(-c5cccc(C(F)(F)F)n5)oc(=O)c4cc3n2)CC1. The summed E-state index contributed by atoms with van der Waals surface area (Å²) in [5.41, 5.74) is -1.13. The van der Waals surface area contributed by atoms with E-state index < -0.39 is 17.5 Å². The fraction of sp³-hybridized carbons (Fsp3) is 0.318. The number of aromatic nitrogens is 4. The van der Waals surface area contributed by atoms with Crippen LogP contribution in [-0.4, -0.2) is 26.0 Å². The highest BCUT2D eigenvalue weighted by molar-refractivity contribution is 5.94. The molecule has 0 unspecified atom stereocenters. The van der Waals surface area contributed by atoms with Gasteiger partial charge in [-0.15, -0.1) is 0 Å². The van der Waals surface area contributed by atoms with Gasteiger partial charge in [0, 0.05) is 17.5 Å². The van der Waals surface area contributed by atoms with Crippen LogP contribution in [0.5, 0.6) is 0 Å². The number of carbonyl (C=O) groups excluding carboxylic acids is 1. The van der Waals surface area contributed by atoms with Crippen LogP contribution in [0.3, 0.4) is 0 Å². The topological polar surface area (TPSA) is 90.9 Å². The number of pyridine rings is 1. The first-order chi connectivity index (χ1) is 15.3. The molecule has 3 aromatic heterocycles. The van der Waals surface area contributed by atoms with Crippen molar-refractivity contribution in [2.75, 3.05) is 0 Å². The Hall–Kier alpha value is -3.56. The maximum absolute atomic E-state index is 13.0. The van der Waals surface area contributed by atoms with Gasteiger partial charge < -0.3 is 9.21 Å². The number of carbonyl (C=O) groups is 1. The molecular formula is C22H17F3N4O3. The molecule has 0 saturated heterocycles. The number of rotatable bonds is 3. The van der Waals surface area contributed by atoms with Gasteiger partial charge in [-0.3, -0.25) is 4.68 Å². The Morgan fingerprint density at radius 2 is 1.84 bits per heavy atom. The molecule has 1 saturated carbocycles. The van der Waals surface area contributed by atoms with E-state index in [9.17, 15) is 22.8 Å². The molecule has 0 amide bonds. The van der Waals surface area contributed by atoms with E-state index >= 15 is 0 Å². The molecule has 3 heterocycles. The summed E-state index contributed by atoms with van der Waals surface area (Å²) in [4.78, 5) is 31.3. The molecule has 1 fully saturated rings. The van der Waals surface area contributed by atoms with E-state index in [2.05, 4.69) is 15.1 Å². The van der Waals surface area contributed by atoms with Crippen LogP contribution >= 0.6 is 0 Å². The van der Waals surface area contributed by atoms with Crippen molar-refractivity contribution < 1.29 is 22.4 Å². The van der Waals surface area contributed by atoms with Gasteiger partial charge in [-0.25, -0.2) is 14.8 Å². The Morgan fingerprint density at radius 1 is 1.06 bits per heavy atom. The van der Waals surface area contributed by atoms with Crippen LogP contribution < -0.4 is 5.63 Å². The molecule has 0 spiro atoms. The molecule has 0 atom stereocenters. The number of fused-ring (bicyclic) bond motifs is 2. The van der Waals surface area contributed by atoms with Gasteiger partial charge in [-0.05, 0) is 49.9 Å². The van der Waals surface area contributed by atoms with Crippen molar-refractivity contribution in [3.8, 4) is 11.6 Å². The van der Waals surface area contributed by atoms with Gasteiger partial charge in [0.1, 0.15) is 17.7 Å². The average molecular weight is 442 g/mol. The predicted molar refractivity (Wildman–Crippen MR) is 109 cm³/mol. The number of hydrogen-bond acceptors (Lipinski definition) is 6. The van der Waals surface area contributed by atoms with Gasteiger partial charge >= 0.3 is 11.8 Å². The highest BCUT2D eigenvalue weighted by Crippen LogP contribution is 2.33. The molecule has 32 heavy (non-hydrogen) atoms. The predicted octanol–water partition coefficient (Wildman–Crippen LogP) is 4.55. The number of benzene rings is 1. The molecule has 0 bridgehead atoms. The molecule has 1 aliphatic carbocycles. The summed E-state index contributed by atoms with van der Waals surface area (Å²) in [7, 11) is 0. The zero-order valence-electron chi connectivity index (χ0n) is 16.7. The van der Waals surface area contributed by atoms with Crippen LogP contribution in [0, 0.1) is 5.92 Å². The van der Waals surface area contributed by atoms with Crippen molar-refractivity contribution in [3.05, 3.63) is 52.6 Å². The van der Waals surface area contributed by atoms with Crippen LogP contribution in [-0.2, 0) is 11.0 Å². The van der Waals surface area contributed by atoms with Crippen molar-refractivity contribution in [2.24, 2.45) is 5.92 Å². The molecule has 164 valence electrons. The van der Waals surface area contributed by atoms with E-state index in [4.69, 9.17) is 4.42 Å². The van der Waals surface area contributed by atoms with E-state index in [1.165, 1.54) is 12.1 Å². The highest BCUT2D eigenvalue weighted by Gasteiger charge is 2.33. The lowest BCUT2D eigenvalue weighted by molar-refractivity contribution is -0.141. The Bertz CT molecular complexity index is 1380. The molecule has 0 N–H and O–H groups in total. The highest BCUT2D eigenvalue weighted by atomic mass is 19.4. The zero-order chi connectivity index (χ0) is 22.5. The standard InChI is InChI=1S/C22H17F3N4O3/c23-22(24,25)19-3-1-2-16(26-19)20-27-18-8-13-10-29(14-6-4-12(11-30)5-7-14)28-17(13)9-15(18)21(31)32-20/h1-3,8-12,14H,4-7H2/t12-,14-. The van der Waals surface area contributed by atoms with E-state index in [0.29, 0.717) is 5.52 Å². The molecule has 7 nitrogen and oxygen atoms in total. The molecule has 10 heteroatoms. The third-order valence-electron chi connectivity index (χ3n) is 5.84. The summed E-state index contributed by atoms with van der Waals surface area (Å²) in [6, 6.07) is 6.72. The van der Waals surface area contributed by atoms with Crippen LogP contribution in [0.2, 0.25) is 0 Å². The fourth-order valence-corrected chi connectivity index (χ4v) is 4.12. The van der Waals surface area contributed by atoms with Crippen LogP contribution in [0.4, 0.5) is 13.2 Å². The minimum atomic E-state index is -4.63. The molecule has 1 aromatic carbocycles. The van der Waals surface area contributed by atoms with Gasteiger partial charge in [0.2, 0.25) is 5.89 Å². The molecular weight excluding hydrogens is 425 g/mol. The number of nitrogens with zero attached hydrogens (tertiary/aromatic N) is 4. The summed E-state index contributed by atoms with van der Waals surface area (Å²) in [6.07, 6.45) is 1.53. The van der Waals surface area contributed by atoms with Gasteiger partial charge in [-0.2, -0.15) is 18.3 Å². The maximum atomic E-state index is 13.0. The van der Waals surface area contributed by atoms with Gasteiger partial charge in [-0.1, -0.05) is 6.07 Å². The number of halogens is 3. The largest absolute Gasteiger partial charge is 0.433 e. The van der Waals surface area contributed by atoms with Crippen molar-refractivity contribution in [1.29, 1.82) is 0 Å². The lowest BCUT2D eigenvalue weighted by Crippen LogP contribution is -2.19. The summed E-state index contributed by atoms with van der Waals surface area (Å²) < 4.78 is 46.0. The number of hydrogen-bond donors (Lipinski definition) is 0. The van der Waals surface area contributed by atoms with Crippen LogP contribution in [0.15, 0.2) is 45.7 Å². The summed E-state index contributed by atoms with van der Waals surface area (Å²) in [6.45, 7) is 0. The van der Waals surface area contributed by atoms with Gasteiger partial charge in [0.25, 0.3) is 0 Å². The van der Waals surface area contributed by atoms with E-state index in [0.717, 1.165) is 43.4 Å². The van der Waals surface area contributed by atoms with Crippen molar-refractivity contribution in [2.45, 2.75) is 37.9 Å². The molecule has 4 aromatic rings. The number of alkyl halides is 3. The normalized spacial score (nSPS) is 19.5. The van der Waals surface area contributed by atoms with Crippen LogP contribution in [0.1, 0.15) is 37.4 Å². The number of aldehydes is 1. The lowest BCUT2D eigenvalue weighted by atomic mass is 9.87. The first-order valence-electron chi connectivity index (χ1n) is 10.2. The van der Waals surface area contributed by atoms with E-state index in [1.807, 2.05) is 10.9 Å². The zero-order valence-corrected chi connectivity index (χ0v) is 16.7. The first kappa shape index (κ1) is 20.3. The fourth-order valence-electron chi connectivity index (χ4n) is 4.12. The second-order valence-electron chi connectivity index (χ2n) is 7.95. The van der Waals surface area contributed by atoms with Crippen LogP contribution in [0.25, 0.3) is 33.4 Å². The molecule has 0 radical (unpaired) electrons. The Balaban J connectivity index is 1.55. The smallest absolute Gasteiger partial charge is 0.401 e. The average Bonchev–Trinajstić information content (AvgIpc) is 3.20. The second-order valence-corrected chi connectivity index (χ2v) is 7.95. The maximum Gasteiger partial charge on any atom is 0.433 e. The third-order valence-corrected chi connectivity index (χ3v) is 5.84. The van der Waals surface area contributed by atoms with Gasteiger partial charge in [0.15, 0.2) is 0 Å². The molecule has 5 rings (SSSR count). The Morgan fingerprint density at radius 3 is 2.56 bits per heavy atom. The second kappa shape index (κ2) is 7.54. The Labute approximate surface area is 178 Å². The van der Waals surface area contributed by atoms with Gasteiger partial charge in [0.05, 0.1) is 22.5 Å². The lowest BCUT2D eigenvalue weighted by Gasteiger charge is -2.25. The minimum absolute atomic E-state index is 0.0931. The van der Waals surface area contributed by atoms with Crippen molar-refractivity contribution in [3.63, 3.8) is 0 Å². The van der Waals surface area contributed by atoms with Crippen molar-refractivity contribution >= 4 is 28.1 Å². The monoisotopic (exact) mass is 442 g/mol. The Kier molecular flexibility index (Phi) is 4.79. The minimum Gasteiger partial charge on any atom is -0.401 e. The first-order valence-corrected chi connectivity index (χ1v) is 10.2. The third kappa shape index (κ3) is 3.65. The molecule has 1 aliphatic rings. The van der Waals surface area contributed by atoms with Crippen molar-refractivity contribution in [1.82, 2.24) is 19.7 Å². The summed E-state index contributed by atoms with van der Waals surface area (Å²) in [5, 5.41) is 5.51.